The third-order valence-corrected chi connectivity index (χ3v) is 2.79. The number of carboxylic acid groups (broad SMARTS) is 1. The van der Waals surface area contributed by atoms with E-state index < -0.39 is 17.8 Å². The lowest BCUT2D eigenvalue weighted by Gasteiger charge is -2.13. The van der Waals surface area contributed by atoms with E-state index in [4.69, 9.17) is 5.11 Å². The Morgan fingerprint density at radius 2 is 2.06 bits per heavy atom. The van der Waals surface area contributed by atoms with Crippen LogP contribution in [0.25, 0.3) is 0 Å². The molecular formula is C11H16N2O3. The van der Waals surface area contributed by atoms with Gasteiger partial charge in [-0.25, -0.2) is 0 Å². The van der Waals surface area contributed by atoms with Gasteiger partial charge in [0.05, 0.1) is 17.7 Å². The maximum absolute atomic E-state index is 11.9. The summed E-state index contributed by atoms with van der Waals surface area (Å²) >= 11 is 0. The number of hydrogen-bond donors (Lipinski definition) is 1. The monoisotopic (exact) mass is 224 g/mol. The lowest BCUT2D eigenvalue weighted by Crippen LogP contribution is -2.25. The van der Waals surface area contributed by atoms with Crippen LogP contribution in [0.15, 0.2) is 12.4 Å². The fourth-order valence-electron chi connectivity index (χ4n) is 1.37. The van der Waals surface area contributed by atoms with Crippen LogP contribution < -0.4 is 0 Å². The molecule has 1 rings (SSSR count). The van der Waals surface area contributed by atoms with E-state index >= 15 is 0 Å². The Kier molecular flexibility index (Phi) is 3.82. The highest BCUT2D eigenvalue weighted by Crippen LogP contribution is 2.17. The van der Waals surface area contributed by atoms with Crippen molar-refractivity contribution in [1.29, 1.82) is 0 Å². The second-order valence-electron chi connectivity index (χ2n) is 3.86. The summed E-state index contributed by atoms with van der Waals surface area (Å²) in [6, 6.07) is 0. The van der Waals surface area contributed by atoms with Gasteiger partial charge in [0.25, 0.3) is 0 Å². The number of carbonyl (C=O) groups is 2. The van der Waals surface area contributed by atoms with Gasteiger partial charge in [-0.05, 0) is 6.92 Å². The van der Waals surface area contributed by atoms with Crippen molar-refractivity contribution >= 4 is 11.8 Å². The molecule has 2 atom stereocenters. The van der Waals surface area contributed by atoms with Crippen molar-refractivity contribution in [3.63, 3.8) is 0 Å². The van der Waals surface area contributed by atoms with E-state index in [2.05, 4.69) is 5.10 Å². The molecule has 5 nitrogen and oxygen atoms in total. The number of aromatic nitrogens is 2. The number of carbonyl (C=O) groups excluding carboxylic acids is 1. The van der Waals surface area contributed by atoms with Gasteiger partial charge in [0.1, 0.15) is 0 Å². The van der Waals surface area contributed by atoms with Gasteiger partial charge < -0.3 is 5.11 Å². The van der Waals surface area contributed by atoms with Crippen molar-refractivity contribution in [1.82, 2.24) is 9.78 Å². The van der Waals surface area contributed by atoms with Crippen molar-refractivity contribution in [3.8, 4) is 0 Å². The molecule has 0 spiro atoms. The molecule has 0 fully saturated rings. The predicted molar refractivity (Wildman–Crippen MR) is 58.2 cm³/mol. The molecule has 1 N–H and O–H groups in total. The minimum absolute atomic E-state index is 0.172. The molecule has 2 unspecified atom stereocenters. The van der Waals surface area contributed by atoms with E-state index in [0.29, 0.717) is 12.1 Å². The van der Waals surface area contributed by atoms with E-state index in [-0.39, 0.29) is 5.78 Å². The molecule has 0 amide bonds. The lowest BCUT2D eigenvalue weighted by molar-refractivity contribution is -0.142. The summed E-state index contributed by atoms with van der Waals surface area (Å²) in [5.74, 6) is -2.34. The molecule has 0 aliphatic heterocycles. The summed E-state index contributed by atoms with van der Waals surface area (Å²) in [5, 5.41) is 12.8. The van der Waals surface area contributed by atoms with Gasteiger partial charge >= 0.3 is 5.97 Å². The molecule has 0 aromatic carbocycles. The maximum atomic E-state index is 11.9. The van der Waals surface area contributed by atoms with Gasteiger partial charge in [-0.3, -0.25) is 14.3 Å². The quantitative estimate of drug-likeness (QED) is 0.768. The van der Waals surface area contributed by atoms with E-state index in [9.17, 15) is 9.59 Å². The second-order valence-corrected chi connectivity index (χ2v) is 3.86. The summed E-state index contributed by atoms with van der Waals surface area (Å²) in [5.41, 5.74) is 0.474. The smallest absolute Gasteiger partial charge is 0.306 e. The van der Waals surface area contributed by atoms with Crippen LogP contribution in [0.2, 0.25) is 0 Å². The van der Waals surface area contributed by atoms with E-state index in [0.717, 1.165) is 0 Å². The standard InChI is InChI=1S/C11H16N2O3/c1-4-13-6-9(5-12-13)10(14)7(2)8(3)11(15)16/h5-8H,4H2,1-3H3,(H,15,16). The number of Topliss-reactive ketones (excluding diaryl/α,β-unsaturated/α-hetero) is 1. The highest BCUT2D eigenvalue weighted by atomic mass is 16.4. The van der Waals surface area contributed by atoms with Gasteiger partial charge in [-0.2, -0.15) is 5.10 Å². The first-order chi connectivity index (χ1) is 7.47. The first kappa shape index (κ1) is 12.4. The fourth-order valence-corrected chi connectivity index (χ4v) is 1.37. The minimum atomic E-state index is -0.955. The summed E-state index contributed by atoms with van der Waals surface area (Å²) in [7, 11) is 0. The molecule has 5 heteroatoms. The first-order valence-electron chi connectivity index (χ1n) is 5.26. The van der Waals surface area contributed by atoms with Crippen LogP contribution in [0.4, 0.5) is 0 Å². The third-order valence-electron chi connectivity index (χ3n) is 2.79. The number of hydrogen-bond acceptors (Lipinski definition) is 3. The van der Waals surface area contributed by atoms with Crippen molar-refractivity contribution in [2.24, 2.45) is 11.8 Å². The van der Waals surface area contributed by atoms with Crippen molar-refractivity contribution < 1.29 is 14.7 Å². The SMILES string of the molecule is CCn1cc(C(=O)C(C)C(C)C(=O)O)cn1. The number of aliphatic carboxylic acids is 1. The van der Waals surface area contributed by atoms with Crippen LogP contribution in [0, 0.1) is 11.8 Å². The topological polar surface area (TPSA) is 72.2 Å². The van der Waals surface area contributed by atoms with Crippen molar-refractivity contribution in [3.05, 3.63) is 18.0 Å². The highest BCUT2D eigenvalue weighted by Gasteiger charge is 2.27. The number of carboxylic acids is 1. The molecule has 1 aromatic rings. The van der Waals surface area contributed by atoms with E-state index in [1.807, 2.05) is 6.92 Å². The van der Waals surface area contributed by atoms with Crippen LogP contribution in [0.3, 0.4) is 0 Å². The molecule has 1 aromatic heterocycles. The lowest BCUT2D eigenvalue weighted by atomic mass is 9.89. The van der Waals surface area contributed by atoms with E-state index in [1.54, 1.807) is 17.8 Å². The van der Waals surface area contributed by atoms with Crippen LogP contribution in [0.1, 0.15) is 31.1 Å². The van der Waals surface area contributed by atoms with E-state index in [1.165, 1.54) is 13.1 Å². The molecular weight excluding hydrogens is 208 g/mol. The highest BCUT2D eigenvalue weighted by molar-refractivity contribution is 5.99. The average molecular weight is 224 g/mol. The number of nitrogens with zero attached hydrogens (tertiary/aromatic N) is 2. The Morgan fingerprint density at radius 3 is 2.50 bits per heavy atom. The third kappa shape index (κ3) is 2.48. The molecule has 0 saturated heterocycles. The Labute approximate surface area is 94.1 Å². The van der Waals surface area contributed by atoms with Crippen LogP contribution in [-0.2, 0) is 11.3 Å². The van der Waals surface area contributed by atoms with Crippen molar-refractivity contribution in [2.45, 2.75) is 27.3 Å². The molecule has 16 heavy (non-hydrogen) atoms. The summed E-state index contributed by atoms with van der Waals surface area (Å²) in [6.45, 7) is 5.78. The second kappa shape index (κ2) is 4.92. The minimum Gasteiger partial charge on any atom is -0.481 e. The maximum Gasteiger partial charge on any atom is 0.306 e. The fraction of sp³-hybridized carbons (Fsp3) is 0.545. The van der Waals surface area contributed by atoms with Gasteiger partial charge in [0.2, 0.25) is 0 Å². The number of ketones is 1. The summed E-state index contributed by atoms with van der Waals surface area (Å²) < 4.78 is 1.64. The largest absolute Gasteiger partial charge is 0.481 e. The average Bonchev–Trinajstić information content (AvgIpc) is 2.74. The summed E-state index contributed by atoms with van der Waals surface area (Å²) in [4.78, 5) is 22.7. The molecule has 88 valence electrons. The van der Waals surface area contributed by atoms with Crippen LogP contribution >= 0.6 is 0 Å². The molecule has 0 aliphatic rings. The number of aryl methyl sites for hydroxylation is 1. The Balaban J connectivity index is 2.81. The molecule has 0 aliphatic carbocycles. The van der Waals surface area contributed by atoms with Crippen molar-refractivity contribution in [2.75, 3.05) is 0 Å². The number of rotatable bonds is 5. The first-order valence-corrected chi connectivity index (χ1v) is 5.26. The zero-order chi connectivity index (χ0) is 12.3. The molecule has 1 heterocycles. The van der Waals surface area contributed by atoms with Gasteiger partial charge in [-0.1, -0.05) is 13.8 Å². The van der Waals surface area contributed by atoms with Gasteiger partial charge in [-0.15, -0.1) is 0 Å². The Hall–Kier alpha value is -1.65. The Bertz CT molecular complexity index is 398. The van der Waals surface area contributed by atoms with Gasteiger partial charge in [0, 0.05) is 18.7 Å². The molecule has 0 radical (unpaired) electrons. The zero-order valence-corrected chi connectivity index (χ0v) is 9.67. The molecule has 0 bridgehead atoms. The van der Waals surface area contributed by atoms with Crippen LogP contribution in [0.5, 0.6) is 0 Å². The molecule has 0 saturated carbocycles. The van der Waals surface area contributed by atoms with Gasteiger partial charge in [0.15, 0.2) is 5.78 Å². The van der Waals surface area contributed by atoms with Crippen LogP contribution in [-0.4, -0.2) is 26.6 Å². The Morgan fingerprint density at radius 1 is 1.44 bits per heavy atom. The predicted octanol–water partition coefficient (Wildman–Crippen LogP) is 1.44. The normalized spacial score (nSPS) is 14.4. The zero-order valence-electron chi connectivity index (χ0n) is 9.67. The summed E-state index contributed by atoms with van der Waals surface area (Å²) in [6.07, 6.45) is 3.13.